The fourth-order valence-electron chi connectivity index (χ4n) is 4.14. The van der Waals surface area contributed by atoms with E-state index in [1.807, 2.05) is 32.4 Å². The fourth-order valence-corrected chi connectivity index (χ4v) is 6.86. The van der Waals surface area contributed by atoms with Crippen molar-refractivity contribution in [1.29, 1.82) is 5.26 Å². The molecule has 0 amide bonds. The summed E-state index contributed by atoms with van der Waals surface area (Å²) >= 11 is 0. The van der Waals surface area contributed by atoms with Crippen LogP contribution >= 0.6 is 7.87 Å². The first-order valence-electron chi connectivity index (χ1n) is 10.5. The lowest BCUT2D eigenvalue weighted by molar-refractivity contribution is -0.0412. The van der Waals surface area contributed by atoms with Crippen LogP contribution in [0.25, 0.3) is 11.2 Å². The minimum absolute atomic E-state index is 0.00105. The number of rotatable bonds is 9. The van der Waals surface area contributed by atoms with E-state index >= 15 is 0 Å². The average molecular weight is 468 g/mol. The number of nitrogens with zero attached hydrogens (tertiary/aromatic N) is 5. The third kappa shape index (κ3) is 4.93. The van der Waals surface area contributed by atoms with E-state index in [0.29, 0.717) is 0 Å². The SMILES string of the molecule is CC(C)N(C(C)C)[P+](O)(CCC#N)OC[C@H]1O[C@@H](n2cnc3c(=O)[nH]c(N)nc32)C[C@@H]1O. The van der Waals surface area contributed by atoms with Gasteiger partial charge in [-0.1, -0.05) is 0 Å². The van der Waals surface area contributed by atoms with E-state index < -0.39 is 31.9 Å². The van der Waals surface area contributed by atoms with Crippen LogP contribution in [0.5, 0.6) is 0 Å². The first kappa shape index (κ1) is 24.5. The Morgan fingerprint density at radius 1 is 1.47 bits per heavy atom. The van der Waals surface area contributed by atoms with E-state index in [-0.39, 0.29) is 54.8 Å². The number of fused-ring (bicyclic) bond motifs is 1. The van der Waals surface area contributed by atoms with Gasteiger partial charge in [0.05, 0.1) is 24.9 Å². The number of nitrogen functional groups attached to an aromatic ring is 1. The Bertz CT molecular complexity index is 1030. The molecular formula is C19H31N7O5P+. The van der Waals surface area contributed by atoms with Gasteiger partial charge in [-0.05, 0) is 27.7 Å². The van der Waals surface area contributed by atoms with Crippen LogP contribution in [0.1, 0.15) is 46.8 Å². The molecule has 0 aromatic carbocycles. The van der Waals surface area contributed by atoms with Gasteiger partial charge in [-0.2, -0.15) is 14.8 Å². The number of hydrogen-bond donors (Lipinski definition) is 4. The van der Waals surface area contributed by atoms with Gasteiger partial charge in [0.15, 0.2) is 11.2 Å². The van der Waals surface area contributed by atoms with Crippen molar-refractivity contribution in [3.63, 3.8) is 0 Å². The normalized spacial score (nSPS) is 23.3. The third-order valence-corrected chi connectivity index (χ3v) is 8.36. The molecule has 5 N–H and O–H groups in total. The van der Waals surface area contributed by atoms with Crippen LogP contribution in [0, 0.1) is 11.3 Å². The number of ether oxygens (including phenoxy) is 1. The van der Waals surface area contributed by atoms with Crippen molar-refractivity contribution in [3.8, 4) is 6.07 Å². The van der Waals surface area contributed by atoms with Gasteiger partial charge in [0.1, 0.15) is 25.1 Å². The zero-order chi connectivity index (χ0) is 23.6. The molecule has 0 saturated carbocycles. The summed E-state index contributed by atoms with van der Waals surface area (Å²) in [5.41, 5.74) is 5.57. The first-order chi connectivity index (χ1) is 15.1. The van der Waals surface area contributed by atoms with Gasteiger partial charge >= 0.3 is 7.87 Å². The Labute approximate surface area is 186 Å². The molecule has 32 heavy (non-hydrogen) atoms. The van der Waals surface area contributed by atoms with E-state index in [1.165, 1.54) is 6.33 Å². The highest BCUT2D eigenvalue weighted by molar-refractivity contribution is 7.63. The lowest BCUT2D eigenvalue weighted by atomic mass is 10.2. The Kier molecular flexibility index (Phi) is 7.50. The van der Waals surface area contributed by atoms with Crippen LogP contribution in [-0.4, -0.2) is 71.2 Å². The molecule has 2 aromatic heterocycles. The predicted molar refractivity (Wildman–Crippen MR) is 119 cm³/mol. The number of aromatic amines is 1. The number of aliphatic hydroxyl groups excluding tert-OH is 1. The van der Waals surface area contributed by atoms with Crippen molar-refractivity contribution < 1.29 is 19.3 Å². The summed E-state index contributed by atoms with van der Waals surface area (Å²) in [5.74, 6) is -0.0440. The number of nitriles is 1. The van der Waals surface area contributed by atoms with E-state index in [0.717, 1.165) is 0 Å². The van der Waals surface area contributed by atoms with Crippen molar-refractivity contribution in [2.75, 3.05) is 18.5 Å². The molecule has 1 saturated heterocycles. The molecule has 176 valence electrons. The summed E-state index contributed by atoms with van der Waals surface area (Å²) in [7, 11) is -3.09. The molecule has 0 spiro atoms. The minimum Gasteiger partial charge on any atom is -0.390 e. The number of imidazole rings is 1. The number of H-pyrrole nitrogens is 1. The Morgan fingerprint density at radius 2 is 2.16 bits per heavy atom. The van der Waals surface area contributed by atoms with Crippen molar-refractivity contribution in [2.45, 2.75) is 71.1 Å². The summed E-state index contributed by atoms with van der Waals surface area (Å²) in [5, 5.41) is 19.6. The summed E-state index contributed by atoms with van der Waals surface area (Å²) in [6.07, 6.45) is -0.221. The molecule has 1 aliphatic heterocycles. The van der Waals surface area contributed by atoms with Crippen LogP contribution in [0.2, 0.25) is 0 Å². The number of nitrogens with one attached hydrogen (secondary N) is 1. The molecular weight excluding hydrogens is 437 g/mol. The summed E-state index contributed by atoms with van der Waals surface area (Å²) < 4.78 is 15.4. The number of anilines is 1. The van der Waals surface area contributed by atoms with Gasteiger partial charge in [0.2, 0.25) is 5.95 Å². The molecule has 3 rings (SSSR count). The van der Waals surface area contributed by atoms with Crippen LogP contribution in [0.15, 0.2) is 11.1 Å². The average Bonchev–Trinajstić information content (AvgIpc) is 3.27. The van der Waals surface area contributed by atoms with E-state index in [4.69, 9.17) is 20.3 Å². The van der Waals surface area contributed by atoms with Gasteiger partial charge in [0.25, 0.3) is 5.56 Å². The fraction of sp³-hybridized carbons (Fsp3) is 0.684. The summed E-state index contributed by atoms with van der Waals surface area (Å²) in [4.78, 5) is 34.0. The maximum absolute atomic E-state index is 12.0. The maximum Gasteiger partial charge on any atom is 0.346 e. The molecule has 0 aliphatic carbocycles. The van der Waals surface area contributed by atoms with E-state index in [1.54, 1.807) is 4.57 Å². The van der Waals surface area contributed by atoms with Crippen molar-refractivity contribution >= 4 is 25.0 Å². The molecule has 2 aromatic rings. The summed E-state index contributed by atoms with van der Waals surface area (Å²) in [6, 6.07) is 2.07. The Hall–Kier alpha value is -2.13. The van der Waals surface area contributed by atoms with Crippen LogP contribution in [0.4, 0.5) is 5.95 Å². The smallest absolute Gasteiger partial charge is 0.346 e. The Morgan fingerprint density at radius 3 is 2.78 bits per heavy atom. The predicted octanol–water partition coefficient (Wildman–Crippen LogP) is 1.15. The van der Waals surface area contributed by atoms with Crippen molar-refractivity contribution in [1.82, 2.24) is 24.2 Å². The number of hydrogen-bond acceptors (Lipinski definition) is 10. The van der Waals surface area contributed by atoms with E-state index in [2.05, 4.69) is 21.0 Å². The van der Waals surface area contributed by atoms with Gasteiger partial charge in [-0.25, -0.2) is 9.88 Å². The van der Waals surface area contributed by atoms with Crippen LogP contribution < -0.4 is 11.3 Å². The van der Waals surface area contributed by atoms with Gasteiger partial charge in [0, 0.05) is 18.5 Å². The second kappa shape index (κ2) is 9.79. The standard InChI is InChI=1S/C19H30N7O5P/c1-11(2)26(12(3)4)32(29,7-5-6-20)30-9-14-13(27)8-15(31-14)25-10-22-16-17(25)23-19(21)24-18(16)28/h10-15,27,29H,5,7-9H2,1-4H3,(H2-,21,23,24,28)/p+1/t13-,14+,15+,32?/m0/s1. The number of aromatic nitrogens is 4. The van der Waals surface area contributed by atoms with E-state index in [9.17, 15) is 14.8 Å². The molecule has 1 aliphatic rings. The van der Waals surface area contributed by atoms with Gasteiger partial charge in [-0.15, -0.1) is 4.67 Å². The Balaban J connectivity index is 1.77. The maximum atomic E-state index is 12.0. The molecule has 1 unspecified atom stereocenters. The zero-order valence-electron chi connectivity index (χ0n) is 18.7. The highest BCUT2D eigenvalue weighted by Crippen LogP contribution is 2.61. The second-order valence-corrected chi connectivity index (χ2v) is 10.9. The quantitative estimate of drug-likeness (QED) is 0.391. The lowest BCUT2D eigenvalue weighted by Crippen LogP contribution is -2.40. The molecule has 0 bridgehead atoms. The topological polar surface area (TPSA) is 176 Å². The van der Waals surface area contributed by atoms with Crippen molar-refractivity contribution in [2.24, 2.45) is 0 Å². The monoisotopic (exact) mass is 468 g/mol. The van der Waals surface area contributed by atoms with Gasteiger partial charge < -0.3 is 15.6 Å². The van der Waals surface area contributed by atoms with Crippen LogP contribution in [0.3, 0.4) is 0 Å². The molecule has 13 heteroatoms. The minimum atomic E-state index is -3.09. The second-order valence-electron chi connectivity index (χ2n) is 8.37. The zero-order valence-corrected chi connectivity index (χ0v) is 19.6. The molecule has 12 nitrogen and oxygen atoms in total. The molecule has 0 radical (unpaired) electrons. The lowest BCUT2D eigenvalue weighted by Gasteiger charge is -2.35. The third-order valence-electron chi connectivity index (χ3n) is 5.34. The summed E-state index contributed by atoms with van der Waals surface area (Å²) in [6.45, 7) is 7.79. The van der Waals surface area contributed by atoms with Crippen molar-refractivity contribution in [3.05, 3.63) is 16.7 Å². The molecule has 4 atom stereocenters. The first-order valence-corrected chi connectivity index (χ1v) is 12.3. The van der Waals surface area contributed by atoms with Gasteiger partial charge in [-0.3, -0.25) is 14.3 Å². The highest BCUT2D eigenvalue weighted by atomic mass is 31.2. The molecule has 1 fully saturated rings. The largest absolute Gasteiger partial charge is 0.390 e. The van der Waals surface area contributed by atoms with Crippen LogP contribution in [-0.2, 0) is 9.26 Å². The highest BCUT2D eigenvalue weighted by Gasteiger charge is 2.50. The number of aliphatic hydroxyl groups is 1. The number of nitrogens with two attached hydrogens (primary N) is 1. The molecule has 3 heterocycles.